The minimum atomic E-state index is -0.762. The zero-order valence-electron chi connectivity index (χ0n) is 22.2. The van der Waals surface area contributed by atoms with Crippen LogP contribution in [-0.4, -0.2) is 69.5 Å². The number of pyridine rings is 1. The predicted molar refractivity (Wildman–Crippen MR) is 140 cm³/mol. The maximum absolute atomic E-state index is 13.7. The van der Waals surface area contributed by atoms with Gasteiger partial charge in [0.15, 0.2) is 5.78 Å². The summed E-state index contributed by atoms with van der Waals surface area (Å²) in [5.41, 5.74) is 1.85. The average Bonchev–Trinajstić information content (AvgIpc) is 3.44. The largest absolute Gasteiger partial charge is 0.340 e. The molecular weight excluding hydrogens is 468 g/mol. The Labute approximate surface area is 218 Å². The first kappa shape index (κ1) is 26.5. The van der Waals surface area contributed by atoms with E-state index >= 15 is 0 Å². The SMILES string of the molecule is CC(C)CC(NC(=O)c1ccc(C(C)(C)C)cc1)C(=O)N1CCC2C1C(=O)CN2C(=O)c1ccccn1. The van der Waals surface area contributed by atoms with E-state index in [1.807, 2.05) is 26.0 Å². The van der Waals surface area contributed by atoms with Gasteiger partial charge < -0.3 is 15.1 Å². The molecule has 4 rings (SSSR count). The number of carbonyl (C=O) groups excluding carboxylic acids is 4. The highest BCUT2D eigenvalue weighted by atomic mass is 16.2. The van der Waals surface area contributed by atoms with Gasteiger partial charge in [0.2, 0.25) is 5.91 Å². The van der Waals surface area contributed by atoms with E-state index in [-0.39, 0.29) is 53.1 Å². The highest BCUT2D eigenvalue weighted by molar-refractivity contribution is 6.03. The van der Waals surface area contributed by atoms with E-state index in [1.165, 1.54) is 4.90 Å². The summed E-state index contributed by atoms with van der Waals surface area (Å²) in [6.45, 7) is 10.6. The van der Waals surface area contributed by atoms with Crippen LogP contribution in [0.15, 0.2) is 48.7 Å². The Bertz CT molecular complexity index is 1170. The molecule has 2 fully saturated rings. The number of aromatic nitrogens is 1. The number of hydrogen-bond acceptors (Lipinski definition) is 5. The third-order valence-corrected chi connectivity index (χ3v) is 7.17. The molecule has 8 nitrogen and oxygen atoms in total. The van der Waals surface area contributed by atoms with E-state index in [1.54, 1.807) is 41.4 Å². The Morgan fingerprint density at radius 3 is 2.35 bits per heavy atom. The van der Waals surface area contributed by atoms with Gasteiger partial charge in [0.1, 0.15) is 17.8 Å². The molecule has 3 amide bonds. The lowest BCUT2D eigenvalue weighted by Crippen LogP contribution is -2.53. The fourth-order valence-corrected chi connectivity index (χ4v) is 5.23. The van der Waals surface area contributed by atoms with Crippen LogP contribution in [0, 0.1) is 5.92 Å². The molecule has 3 atom stereocenters. The lowest BCUT2D eigenvalue weighted by Gasteiger charge is -2.29. The van der Waals surface area contributed by atoms with Crippen molar-refractivity contribution in [3.05, 3.63) is 65.5 Å². The van der Waals surface area contributed by atoms with E-state index < -0.39 is 12.1 Å². The zero-order valence-corrected chi connectivity index (χ0v) is 22.2. The highest BCUT2D eigenvalue weighted by Gasteiger charge is 2.52. The summed E-state index contributed by atoms with van der Waals surface area (Å²) in [6.07, 6.45) is 2.50. The molecule has 1 aromatic carbocycles. The van der Waals surface area contributed by atoms with Gasteiger partial charge in [-0.25, -0.2) is 0 Å². The van der Waals surface area contributed by atoms with Crippen molar-refractivity contribution in [2.45, 2.75) is 71.0 Å². The van der Waals surface area contributed by atoms with Gasteiger partial charge in [-0.2, -0.15) is 0 Å². The predicted octanol–water partition coefficient (Wildman–Crippen LogP) is 3.22. The van der Waals surface area contributed by atoms with Crippen LogP contribution in [0.1, 0.15) is 73.9 Å². The number of rotatable bonds is 6. The molecule has 196 valence electrons. The second-order valence-electron chi connectivity index (χ2n) is 11.4. The number of fused-ring (bicyclic) bond motifs is 1. The first-order valence-corrected chi connectivity index (χ1v) is 12.9. The molecule has 0 bridgehead atoms. The summed E-state index contributed by atoms with van der Waals surface area (Å²) in [5, 5.41) is 2.92. The van der Waals surface area contributed by atoms with Crippen LogP contribution in [0.3, 0.4) is 0 Å². The highest BCUT2D eigenvalue weighted by Crippen LogP contribution is 2.31. The van der Waals surface area contributed by atoms with E-state index in [0.717, 1.165) is 5.56 Å². The van der Waals surface area contributed by atoms with Crippen molar-refractivity contribution >= 4 is 23.5 Å². The topological polar surface area (TPSA) is 99.7 Å². The number of Topliss-reactive ketones (excluding diaryl/α,β-unsaturated/α-hetero) is 1. The molecule has 2 saturated heterocycles. The Kier molecular flexibility index (Phi) is 7.48. The van der Waals surface area contributed by atoms with Gasteiger partial charge in [0.05, 0.1) is 12.6 Å². The molecule has 3 unspecified atom stereocenters. The van der Waals surface area contributed by atoms with Gasteiger partial charge in [0, 0.05) is 18.3 Å². The number of carbonyl (C=O) groups is 4. The molecular formula is C29H36N4O4. The van der Waals surface area contributed by atoms with E-state index in [0.29, 0.717) is 24.9 Å². The van der Waals surface area contributed by atoms with Crippen molar-refractivity contribution in [2.75, 3.05) is 13.1 Å². The minimum Gasteiger partial charge on any atom is -0.340 e. The van der Waals surface area contributed by atoms with Gasteiger partial charge in [0.25, 0.3) is 11.8 Å². The van der Waals surface area contributed by atoms with E-state index in [9.17, 15) is 19.2 Å². The molecule has 2 aliphatic heterocycles. The maximum Gasteiger partial charge on any atom is 0.273 e. The first-order valence-electron chi connectivity index (χ1n) is 12.9. The monoisotopic (exact) mass is 504 g/mol. The van der Waals surface area contributed by atoms with Crippen molar-refractivity contribution in [3.63, 3.8) is 0 Å². The number of amides is 3. The van der Waals surface area contributed by atoms with Gasteiger partial charge in [-0.1, -0.05) is 52.8 Å². The number of nitrogens with one attached hydrogen (secondary N) is 1. The Morgan fingerprint density at radius 1 is 1.05 bits per heavy atom. The van der Waals surface area contributed by atoms with Gasteiger partial charge in [-0.3, -0.25) is 24.2 Å². The normalized spacial score (nSPS) is 20.2. The molecule has 8 heteroatoms. The summed E-state index contributed by atoms with van der Waals surface area (Å²) in [6, 6.07) is 10.7. The summed E-state index contributed by atoms with van der Waals surface area (Å²) in [5.74, 6) is -0.910. The minimum absolute atomic E-state index is 0.0307. The number of nitrogens with zero attached hydrogens (tertiary/aromatic N) is 3. The molecule has 2 aromatic rings. The standard InChI is InChI=1S/C29H36N4O4/c1-18(2)16-22(31-26(35)19-9-11-20(12-10-19)29(3,4)5)28(37)32-15-13-23-25(32)24(34)17-33(23)27(36)21-8-6-7-14-30-21/h6-12,14,18,22-23,25H,13,15-17H2,1-5H3,(H,31,35). The second-order valence-corrected chi connectivity index (χ2v) is 11.4. The molecule has 2 aliphatic rings. The lowest BCUT2D eigenvalue weighted by atomic mass is 9.86. The Balaban J connectivity index is 1.50. The third kappa shape index (κ3) is 5.58. The molecule has 0 aliphatic carbocycles. The zero-order chi connectivity index (χ0) is 26.9. The molecule has 1 N–H and O–H groups in total. The number of ketones is 1. The van der Waals surface area contributed by atoms with Crippen LogP contribution in [0.2, 0.25) is 0 Å². The molecule has 0 radical (unpaired) electrons. The summed E-state index contributed by atoms with van der Waals surface area (Å²) in [7, 11) is 0. The summed E-state index contributed by atoms with van der Waals surface area (Å²) in [4.78, 5) is 60.1. The van der Waals surface area contributed by atoms with Crippen molar-refractivity contribution < 1.29 is 19.2 Å². The molecule has 37 heavy (non-hydrogen) atoms. The van der Waals surface area contributed by atoms with Crippen LogP contribution in [0.4, 0.5) is 0 Å². The van der Waals surface area contributed by atoms with Crippen molar-refractivity contribution in [2.24, 2.45) is 5.92 Å². The van der Waals surface area contributed by atoms with Crippen LogP contribution in [0.25, 0.3) is 0 Å². The molecule has 0 saturated carbocycles. The molecule has 3 heterocycles. The maximum atomic E-state index is 13.7. The van der Waals surface area contributed by atoms with Crippen LogP contribution < -0.4 is 5.32 Å². The van der Waals surface area contributed by atoms with Crippen LogP contribution >= 0.6 is 0 Å². The fourth-order valence-electron chi connectivity index (χ4n) is 5.23. The summed E-state index contributed by atoms with van der Waals surface area (Å²) >= 11 is 0. The van der Waals surface area contributed by atoms with Gasteiger partial charge in [-0.15, -0.1) is 0 Å². The fraction of sp³-hybridized carbons (Fsp3) is 0.483. The number of benzene rings is 1. The quantitative estimate of drug-likeness (QED) is 0.651. The average molecular weight is 505 g/mol. The lowest BCUT2D eigenvalue weighted by molar-refractivity contribution is -0.138. The third-order valence-electron chi connectivity index (χ3n) is 7.17. The van der Waals surface area contributed by atoms with E-state index in [4.69, 9.17) is 0 Å². The first-order chi connectivity index (χ1) is 17.5. The van der Waals surface area contributed by atoms with Crippen molar-refractivity contribution in [3.8, 4) is 0 Å². The Hall–Kier alpha value is -3.55. The van der Waals surface area contributed by atoms with Gasteiger partial charge >= 0.3 is 0 Å². The van der Waals surface area contributed by atoms with Crippen molar-refractivity contribution in [1.29, 1.82) is 0 Å². The number of hydrogen-bond donors (Lipinski definition) is 1. The van der Waals surface area contributed by atoms with Crippen LogP contribution in [0.5, 0.6) is 0 Å². The Morgan fingerprint density at radius 2 is 1.76 bits per heavy atom. The van der Waals surface area contributed by atoms with Crippen molar-refractivity contribution in [1.82, 2.24) is 20.1 Å². The smallest absolute Gasteiger partial charge is 0.273 e. The number of likely N-dealkylation sites (tertiary alicyclic amines) is 2. The summed E-state index contributed by atoms with van der Waals surface area (Å²) < 4.78 is 0. The molecule has 0 spiro atoms. The second kappa shape index (κ2) is 10.4. The van der Waals surface area contributed by atoms with E-state index in [2.05, 4.69) is 31.1 Å². The van der Waals surface area contributed by atoms with Gasteiger partial charge in [-0.05, 0) is 54.0 Å². The molecule has 1 aromatic heterocycles. The van der Waals surface area contributed by atoms with Crippen LogP contribution in [-0.2, 0) is 15.0 Å².